The Hall–Kier alpha value is -3.27. The van der Waals surface area contributed by atoms with E-state index in [1.165, 1.54) is 28.6 Å². The Morgan fingerprint density at radius 2 is 1.89 bits per heavy atom. The van der Waals surface area contributed by atoms with Crippen LogP contribution in [0, 0.1) is 0 Å². The van der Waals surface area contributed by atoms with Crippen LogP contribution in [-0.2, 0) is 9.53 Å². The summed E-state index contributed by atoms with van der Waals surface area (Å²) in [6.07, 6.45) is 1.71. The van der Waals surface area contributed by atoms with Crippen LogP contribution in [0.4, 0.5) is 8.78 Å². The predicted octanol–water partition coefficient (Wildman–Crippen LogP) is 5.77. The van der Waals surface area contributed by atoms with Crippen molar-refractivity contribution in [3.05, 3.63) is 57.7 Å². The van der Waals surface area contributed by atoms with Gasteiger partial charge in [-0.1, -0.05) is 36.6 Å². The SMILES string of the molecule is CCCCC(C(=O)OC(C)(C)C)n1cc(OC)c(-c2cc(Cl)ccc2-n2cc(C(F)F)nn2)cc1=O. The first-order chi connectivity index (χ1) is 16.9. The Bertz CT molecular complexity index is 1280. The van der Waals surface area contributed by atoms with Gasteiger partial charge in [-0.15, -0.1) is 5.10 Å². The van der Waals surface area contributed by atoms with Crippen LogP contribution in [0.3, 0.4) is 0 Å². The molecular formula is C25H29ClF2N4O4. The van der Waals surface area contributed by atoms with E-state index in [1.54, 1.807) is 39.0 Å². The second-order valence-electron chi connectivity index (χ2n) is 9.24. The van der Waals surface area contributed by atoms with Gasteiger partial charge in [-0.25, -0.2) is 18.3 Å². The minimum absolute atomic E-state index is 0.275. The molecule has 2 heterocycles. The molecule has 3 aromatic rings. The van der Waals surface area contributed by atoms with Gasteiger partial charge in [0.05, 0.1) is 25.2 Å². The number of ether oxygens (including phenoxy) is 2. The molecule has 0 amide bonds. The number of benzene rings is 1. The minimum atomic E-state index is -2.79. The fourth-order valence-corrected chi connectivity index (χ4v) is 3.87. The highest BCUT2D eigenvalue weighted by Gasteiger charge is 2.28. The molecule has 11 heteroatoms. The Morgan fingerprint density at radius 3 is 2.47 bits per heavy atom. The molecule has 2 aromatic heterocycles. The standard InChI is InChI=1S/C25H29ClF2N4O4/c1-6-7-8-20(24(34)36-25(2,3)4)31-14-21(35-5)17(12-22(31)33)16-11-15(26)9-10-19(16)32-13-18(23(27)28)29-30-32/h9-14,20,23H,6-8H2,1-5H3. The number of alkyl halides is 2. The maximum absolute atomic E-state index is 13.3. The van der Waals surface area contributed by atoms with Crippen LogP contribution in [0.5, 0.6) is 5.75 Å². The van der Waals surface area contributed by atoms with Crippen LogP contribution < -0.4 is 10.3 Å². The van der Waals surface area contributed by atoms with Crippen molar-refractivity contribution in [1.29, 1.82) is 0 Å². The molecular weight excluding hydrogens is 494 g/mol. The summed E-state index contributed by atoms with van der Waals surface area (Å²) in [4.78, 5) is 26.3. The van der Waals surface area contributed by atoms with Gasteiger partial charge >= 0.3 is 5.97 Å². The molecule has 0 bridgehead atoms. The Morgan fingerprint density at radius 1 is 1.17 bits per heavy atom. The monoisotopic (exact) mass is 522 g/mol. The third kappa shape index (κ3) is 6.29. The van der Waals surface area contributed by atoms with Crippen LogP contribution in [-0.4, -0.2) is 38.2 Å². The lowest BCUT2D eigenvalue weighted by atomic mass is 10.0. The molecule has 0 aliphatic carbocycles. The topological polar surface area (TPSA) is 88.2 Å². The Kier molecular flexibility index (Phi) is 8.50. The first kappa shape index (κ1) is 27.3. The van der Waals surface area contributed by atoms with Crippen molar-refractivity contribution >= 4 is 17.6 Å². The second kappa shape index (κ2) is 11.2. The number of hydrogen-bond donors (Lipinski definition) is 0. The summed E-state index contributed by atoms with van der Waals surface area (Å²) in [7, 11) is 1.43. The van der Waals surface area contributed by atoms with Crippen molar-refractivity contribution in [2.24, 2.45) is 0 Å². The number of pyridine rings is 1. The van der Waals surface area contributed by atoms with Gasteiger partial charge in [0.15, 0.2) is 0 Å². The summed E-state index contributed by atoms with van der Waals surface area (Å²) < 4.78 is 39.8. The molecule has 8 nitrogen and oxygen atoms in total. The number of halogens is 3. The van der Waals surface area contributed by atoms with E-state index in [1.807, 2.05) is 6.92 Å². The van der Waals surface area contributed by atoms with Gasteiger partial charge < -0.3 is 9.47 Å². The van der Waals surface area contributed by atoms with E-state index in [0.717, 1.165) is 12.6 Å². The van der Waals surface area contributed by atoms with Gasteiger partial charge in [0.2, 0.25) is 0 Å². The summed E-state index contributed by atoms with van der Waals surface area (Å²) >= 11 is 6.24. The smallest absolute Gasteiger partial charge is 0.329 e. The zero-order valence-electron chi connectivity index (χ0n) is 20.8. The van der Waals surface area contributed by atoms with E-state index >= 15 is 0 Å². The normalized spacial score (nSPS) is 12.6. The summed E-state index contributed by atoms with van der Waals surface area (Å²) in [6, 6.07) is 5.20. The second-order valence-corrected chi connectivity index (χ2v) is 9.68. The molecule has 0 N–H and O–H groups in total. The van der Waals surface area contributed by atoms with Crippen molar-refractivity contribution in [3.8, 4) is 22.6 Å². The van der Waals surface area contributed by atoms with E-state index in [0.29, 0.717) is 34.7 Å². The molecule has 0 fully saturated rings. The Balaban J connectivity index is 2.15. The number of methoxy groups -OCH3 is 1. The van der Waals surface area contributed by atoms with Crippen LogP contribution in [0.2, 0.25) is 5.02 Å². The lowest BCUT2D eigenvalue weighted by Gasteiger charge is -2.26. The molecule has 0 aliphatic heterocycles. The molecule has 3 rings (SSSR count). The zero-order valence-corrected chi connectivity index (χ0v) is 21.6. The molecule has 1 unspecified atom stereocenters. The highest BCUT2D eigenvalue weighted by molar-refractivity contribution is 6.31. The van der Waals surface area contributed by atoms with E-state index in [-0.39, 0.29) is 5.75 Å². The van der Waals surface area contributed by atoms with Gasteiger partial charge in [0.1, 0.15) is 23.1 Å². The van der Waals surface area contributed by atoms with E-state index in [2.05, 4.69) is 10.3 Å². The largest absolute Gasteiger partial charge is 0.495 e. The van der Waals surface area contributed by atoms with Crippen molar-refractivity contribution in [2.75, 3.05) is 7.11 Å². The lowest BCUT2D eigenvalue weighted by molar-refractivity contribution is -0.159. The van der Waals surface area contributed by atoms with Crippen molar-refractivity contribution in [2.45, 2.75) is 65.0 Å². The van der Waals surface area contributed by atoms with Gasteiger partial charge in [0, 0.05) is 22.2 Å². The molecule has 0 spiro atoms. The number of nitrogens with zero attached hydrogens (tertiary/aromatic N) is 4. The van der Waals surface area contributed by atoms with Crippen LogP contribution in [0.1, 0.15) is 65.1 Å². The predicted molar refractivity (Wildman–Crippen MR) is 132 cm³/mol. The third-order valence-electron chi connectivity index (χ3n) is 5.34. The highest BCUT2D eigenvalue weighted by atomic mass is 35.5. The number of carbonyl (C=O) groups excluding carboxylic acids is 1. The number of esters is 1. The average molecular weight is 523 g/mol. The van der Waals surface area contributed by atoms with Gasteiger partial charge in [-0.2, -0.15) is 0 Å². The van der Waals surface area contributed by atoms with E-state index < -0.39 is 35.3 Å². The average Bonchev–Trinajstić information content (AvgIpc) is 3.29. The number of hydrogen-bond acceptors (Lipinski definition) is 6. The summed E-state index contributed by atoms with van der Waals surface area (Å²) in [6.45, 7) is 7.28. The molecule has 0 radical (unpaired) electrons. The highest BCUT2D eigenvalue weighted by Crippen LogP contribution is 2.36. The fourth-order valence-electron chi connectivity index (χ4n) is 3.70. The number of carbonyl (C=O) groups is 1. The summed E-state index contributed by atoms with van der Waals surface area (Å²) in [5, 5.41) is 7.65. The first-order valence-corrected chi connectivity index (χ1v) is 11.9. The van der Waals surface area contributed by atoms with Crippen molar-refractivity contribution in [1.82, 2.24) is 19.6 Å². The first-order valence-electron chi connectivity index (χ1n) is 11.5. The maximum Gasteiger partial charge on any atom is 0.329 e. The summed E-state index contributed by atoms with van der Waals surface area (Å²) in [5.74, 6) is -0.240. The van der Waals surface area contributed by atoms with Crippen molar-refractivity contribution < 1.29 is 23.0 Å². The third-order valence-corrected chi connectivity index (χ3v) is 5.58. The molecule has 1 atom stereocenters. The molecule has 194 valence electrons. The van der Waals surface area contributed by atoms with Crippen LogP contribution >= 0.6 is 11.6 Å². The summed E-state index contributed by atoms with van der Waals surface area (Å²) in [5.41, 5.74) is -0.547. The number of aromatic nitrogens is 4. The van der Waals surface area contributed by atoms with Gasteiger partial charge in [-0.3, -0.25) is 9.36 Å². The molecule has 1 aromatic carbocycles. The molecule has 0 aliphatic rings. The van der Waals surface area contributed by atoms with Gasteiger partial charge in [0.25, 0.3) is 12.0 Å². The Labute approximate surface area is 212 Å². The van der Waals surface area contributed by atoms with Crippen LogP contribution in [0.15, 0.2) is 41.5 Å². The zero-order chi connectivity index (χ0) is 26.6. The molecule has 36 heavy (non-hydrogen) atoms. The minimum Gasteiger partial charge on any atom is -0.495 e. The number of unbranched alkanes of at least 4 members (excludes halogenated alkanes) is 1. The lowest BCUT2D eigenvalue weighted by Crippen LogP contribution is -2.35. The van der Waals surface area contributed by atoms with Gasteiger partial charge in [-0.05, 0) is 45.4 Å². The van der Waals surface area contributed by atoms with Crippen molar-refractivity contribution in [3.63, 3.8) is 0 Å². The molecule has 0 saturated carbocycles. The maximum atomic E-state index is 13.3. The quantitative estimate of drug-likeness (QED) is 0.331. The van der Waals surface area contributed by atoms with Crippen LogP contribution in [0.25, 0.3) is 16.8 Å². The molecule has 0 saturated heterocycles. The number of rotatable bonds is 9. The van der Waals surface area contributed by atoms with E-state index in [9.17, 15) is 18.4 Å². The fraction of sp³-hybridized carbons (Fsp3) is 0.440. The van der Waals surface area contributed by atoms with E-state index in [4.69, 9.17) is 21.1 Å².